The van der Waals surface area contributed by atoms with Crippen LogP contribution >= 0.6 is 0 Å². The van der Waals surface area contributed by atoms with E-state index < -0.39 is 0 Å². The highest BCUT2D eigenvalue weighted by atomic mass is 16.5. The Morgan fingerprint density at radius 3 is 2.81 bits per heavy atom. The van der Waals surface area contributed by atoms with Crippen LogP contribution in [0.4, 0.5) is 0 Å². The Balaban J connectivity index is 2.66. The Labute approximate surface area is 95.2 Å². The molecule has 0 heterocycles. The second kappa shape index (κ2) is 5.51. The van der Waals surface area contributed by atoms with Crippen LogP contribution in [0.3, 0.4) is 0 Å². The Bertz CT molecular complexity index is 377. The average molecular weight is 223 g/mol. The fourth-order valence-corrected chi connectivity index (χ4v) is 1.32. The number of aromatic hydroxyl groups is 1. The number of aryl methyl sites for hydroxylation is 1. The highest BCUT2D eigenvalue weighted by molar-refractivity contribution is 5.95. The van der Waals surface area contributed by atoms with Crippen LogP contribution in [-0.4, -0.2) is 30.8 Å². The molecule has 0 aliphatic heterocycles. The van der Waals surface area contributed by atoms with E-state index in [1.807, 2.05) is 6.92 Å². The van der Waals surface area contributed by atoms with Gasteiger partial charge in [0.15, 0.2) is 0 Å². The van der Waals surface area contributed by atoms with E-state index in [0.29, 0.717) is 12.1 Å². The maximum absolute atomic E-state index is 11.7. The fraction of sp³-hybridized carbons (Fsp3) is 0.417. The predicted molar refractivity (Wildman–Crippen MR) is 61.6 cm³/mol. The van der Waals surface area contributed by atoms with E-state index in [0.717, 1.165) is 5.56 Å². The molecule has 2 N–H and O–H groups in total. The van der Waals surface area contributed by atoms with Gasteiger partial charge < -0.3 is 15.2 Å². The summed E-state index contributed by atoms with van der Waals surface area (Å²) in [6.07, 6.45) is -0.0126. The third-order valence-electron chi connectivity index (χ3n) is 2.41. The summed E-state index contributed by atoms with van der Waals surface area (Å²) in [4.78, 5) is 11.7. The summed E-state index contributed by atoms with van der Waals surface area (Å²) >= 11 is 0. The first-order chi connectivity index (χ1) is 7.54. The lowest BCUT2D eigenvalue weighted by Crippen LogP contribution is -2.31. The second-order valence-corrected chi connectivity index (χ2v) is 3.76. The number of carbonyl (C=O) groups excluding carboxylic acids is 1. The van der Waals surface area contributed by atoms with Crippen molar-refractivity contribution in [3.63, 3.8) is 0 Å². The number of nitrogens with one attached hydrogen (secondary N) is 1. The Hall–Kier alpha value is -1.55. The lowest BCUT2D eigenvalue weighted by molar-refractivity contribution is 0.0870. The van der Waals surface area contributed by atoms with E-state index in [9.17, 15) is 9.90 Å². The number of methoxy groups -OCH3 is 1. The van der Waals surface area contributed by atoms with Gasteiger partial charge in [-0.25, -0.2) is 0 Å². The van der Waals surface area contributed by atoms with Crippen LogP contribution in [-0.2, 0) is 4.74 Å². The van der Waals surface area contributed by atoms with Gasteiger partial charge >= 0.3 is 0 Å². The molecule has 0 aliphatic carbocycles. The third kappa shape index (κ3) is 3.24. The Kier molecular flexibility index (Phi) is 4.31. The second-order valence-electron chi connectivity index (χ2n) is 3.76. The number of carbonyl (C=O) groups is 1. The molecular weight excluding hydrogens is 206 g/mol. The van der Waals surface area contributed by atoms with E-state index in [2.05, 4.69) is 5.32 Å². The topological polar surface area (TPSA) is 58.6 Å². The minimum atomic E-state index is -0.151. The molecule has 0 bridgehead atoms. The van der Waals surface area contributed by atoms with Gasteiger partial charge in [0.2, 0.25) is 0 Å². The molecule has 1 aromatic rings. The molecule has 0 aromatic heterocycles. The first kappa shape index (κ1) is 12.5. The number of benzene rings is 1. The van der Waals surface area contributed by atoms with Gasteiger partial charge in [-0.05, 0) is 37.6 Å². The highest BCUT2D eigenvalue weighted by Crippen LogP contribution is 2.15. The summed E-state index contributed by atoms with van der Waals surface area (Å²) in [6.45, 7) is 4.13. The predicted octanol–water partition coefficient (Wildman–Crippen LogP) is 1.47. The van der Waals surface area contributed by atoms with Gasteiger partial charge in [-0.2, -0.15) is 0 Å². The maximum Gasteiger partial charge on any atom is 0.251 e. The number of amides is 1. The normalized spacial score (nSPS) is 12.2. The van der Waals surface area contributed by atoms with Gasteiger partial charge in [-0.3, -0.25) is 4.79 Å². The average Bonchev–Trinajstić information content (AvgIpc) is 2.25. The number of rotatable bonds is 4. The number of hydrogen-bond donors (Lipinski definition) is 2. The summed E-state index contributed by atoms with van der Waals surface area (Å²) in [5, 5.41) is 12.0. The maximum atomic E-state index is 11.7. The molecule has 1 unspecified atom stereocenters. The molecule has 16 heavy (non-hydrogen) atoms. The third-order valence-corrected chi connectivity index (χ3v) is 2.41. The zero-order valence-electron chi connectivity index (χ0n) is 9.78. The van der Waals surface area contributed by atoms with Crippen LogP contribution in [0.2, 0.25) is 0 Å². The molecule has 1 rings (SSSR count). The Morgan fingerprint density at radius 1 is 1.56 bits per heavy atom. The van der Waals surface area contributed by atoms with E-state index in [1.54, 1.807) is 26.2 Å². The summed E-state index contributed by atoms with van der Waals surface area (Å²) in [6, 6.07) is 4.67. The van der Waals surface area contributed by atoms with Crippen molar-refractivity contribution in [2.24, 2.45) is 0 Å². The molecule has 0 saturated carbocycles. The van der Waals surface area contributed by atoms with Gasteiger partial charge in [-0.1, -0.05) is 0 Å². The Morgan fingerprint density at radius 2 is 2.25 bits per heavy atom. The molecule has 1 atom stereocenters. The summed E-state index contributed by atoms with van der Waals surface area (Å²) in [5.74, 6) is 0.0145. The minimum Gasteiger partial charge on any atom is -0.508 e. The fourth-order valence-electron chi connectivity index (χ4n) is 1.32. The van der Waals surface area contributed by atoms with Crippen molar-refractivity contribution in [1.29, 1.82) is 0 Å². The molecule has 0 spiro atoms. The van der Waals surface area contributed by atoms with Crippen molar-refractivity contribution in [1.82, 2.24) is 5.32 Å². The molecule has 0 aliphatic rings. The van der Waals surface area contributed by atoms with Crippen LogP contribution in [0.15, 0.2) is 18.2 Å². The van der Waals surface area contributed by atoms with Crippen molar-refractivity contribution in [2.75, 3.05) is 13.7 Å². The minimum absolute atomic E-state index is 0.0126. The van der Waals surface area contributed by atoms with Crippen LogP contribution in [0.25, 0.3) is 0 Å². The summed E-state index contributed by atoms with van der Waals surface area (Å²) in [5.41, 5.74) is 1.32. The van der Waals surface area contributed by atoms with E-state index in [1.165, 1.54) is 6.07 Å². The number of phenolic OH excluding ortho intramolecular Hbond substituents is 1. The molecule has 0 saturated heterocycles. The lowest BCUT2D eigenvalue weighted by atomic mass is 10.1. The van der Waals surface area contributed by atoms with E-state index in [4.69, 9.17) is 4.74 Å². The molecule has 4 nitrogen and oxygen atoms in total. The first-order valence-electron chi connectivity index (χ1n) is 5.15. The van der Waals surface area contributed by atoms with E-state index >= 15 is 0 Å². The van der Waals surface area contributed by atoms with Gasteiger partial charge in [0.25, 0.3) is 5.91 Å². The molecule has 1 aromatic carbocycles. The monoisotopic (exact) mass is 223 g/mol. The summed E-state index contributed by atoms with van der Waals surface area (Å²) < 4.78 is 5.03. The molecule has 88 valence electrons. The van der Waals surface area contributed by atoms with Crippen molar-refractivity contribution < 1.29 is 14.6 Å². The molecular formula is C12H17NO3. The standard InChI is InChI=1S/C12H17NO3/c1-8-6-10(14)4-5-11(8)12(15)13-7-9(2)16-3/h4-6,9,14H,7H2,1-3H3,(H,13,15). The van der Waals surface area contributed by atoms with Crippen LogP contribution < -0.4 is 5.32 Å². The van der Waals surface area contributed by atoms with E-state index in [-0.39, 0.29) is 17.8 Å². The van der Waals surface area contributed by atoms with Crippen molar-refractivity contribution >= 4 is 5.91 Å². The molecule has 0 radical (unpaired) electrons. The number of ether oxygens (including phenoxy) is 1. The SMILES string of the molecule is COC(C)CNC(=O)c1ccc(O)cc1C. The van der Waals surface area contributed by atoms with Gasteiger partial charge in [0.1, 0.15) is 5.75 Å². The zero-order chi connectivity index (χ0) is 12.1. The van der Waals surface area contributed by atoms with Crippen LogP contribution in [0.5, 0.6) is 5.75 Å². The first-order valence-corrected chi connectivity index (χ1v) is 5.15. The number of phenols is 1. The van der Waals surface area contributed by atoms with Gasteiger partial charge in [-0.15, -0.1) is 0 Å². The summed E-state index contributed by atoms with van der Waals surface area (Å²) in [7, 11) is 1.60. The molecule has 0 fully saturated rings. The van der Waals surface area contributed by atoms with Crippen molar-refractivity contribution in [3.8, 4) is 5.75 Å². The van der Waals surface area contributed by atoms with Gasteiger partial charge in [0, 0.05) is 19.2 Å². The van der Waals surface area contributed by atoms with Crippen molar-refractivity contribution in [3.05, 3.63) is 29.3 Å². The number of hydrogen-bond acceptors (Lipinski definition) is 3. The van der Waals surface area contributed by atoms with Crippen LogP contribution in [0, 0.1) is 6.92 Å². The quantitative estimate of drug-likeness (QED) is 0.812. The molecule has 1 amide bonds. The van der Waals surface area contributed by atoms with Crippen molar-refractivity contribution in [2.45, 2.75) is 20.0 Å². The highest BCUT2D eigenvalue weighted by Gasteiger charge is 2.10. The van der Waals surface area contributed by atoms with Gasteiger partial charge in [0.05, 0.1) is 6.10 Å². The molecule has 4 heteroatoms. The lowest BCUT2D eigenvalue weighted by Gasteiger charge is -2.12. The largest absolute Gasteiger partial charge is 0.508 e. The smallest absolute Gasteiger partial charge is 0.251 e. The van der Waals surface area contributed by atoms with Crippen LogP contribution in [0.1, 0.15) is 22.8 Å². The zero-order valence-corrected chi connectivity index (χ0v) is 9.78.